The minimum Gasteiger partial charge on any atom is -0.384 e. The predicted molar refractivity (Wildman–Crippen MR) is 142 cm³/mol. The van der Waals surface area contributed by atoms with E-state index in [0.29, 0.717) is 22.7 Å². The van der Waals surface area contributed by atoms with Gasteiger partial charge < -0.3 is 15.3 Å². The quantitative estimate of drug-likeness (QED) is 0.223. The third-order valence-corrected chi connectivity index (χ3v) is 7.58. The molecule has 1 amide bonds. The van der Waals surface area contributed by atoms with Gasteiger partial charge in [-0.1, -0.05) is 18.2 Å². The van der Waals surface area contributed by atoms with Crippen molar-refractivity contribution in [2.75, 3.05) is 17.3 Å². The minimum absolute atomic E-state index is 0.00489. The molecule has 2 aromatic carbocycles. The van der Waals surface area contributed by atoms with Crippen molar-refractivity contribution >= 4 is 50.9 Å². The number of aromatic nitrogens is 2. The smallest absolute Gasteiger partial charge is 0.300 e. The van der Waals surface area contributed by atoms with Crippen LogP contribution in [0.1, 0.15) is 57.1 Å². The van der Waals surface area contributed by atoms with Crippen molar-refractivity contribution in [1.82, 2.24) is 9.97 Å². The number of aliphatic hydroxyl groups is 1. The molecule has 0 unspecified atom stereocenters. The second kappa shape index (κ2) is 8.06. The molecule has 6 nitrogen and oxygen atoms in total. The average Bonchev–Trinajstić information content (AvgIpc) is 2.91. The van der Waals surface area contributed by atoms with Gasteiger partial charge in [-0.3, -0.25) is 4.79 Å². The van der Waals surface area contributed by atoms with Gasteiger partial charge in [0.15, 0.2) is 0 Å². The van der Waals surface area contributed by atoms with E-state index in [9.17, 15) is 18.7 Å². The molecule has 1 aromatic heterocycles. The lowest BCUT2D eigenvalue weighted by Gasteiger charge is -2.31. The fraction of sp³-hybridized carbons (Fsp3) is 0.423. The SMILES string of the molecule is Cc1nc(N[C@](C)(I)c2cccc(C(F)(F)C(C)(C)O)c2)c2cc3c(cc2n1)C(C)(C)C(=O)N3C. The Hall–Kier alpha value is -2.40. The number of anilines is 2. The molecule has 0 spiro atoms. The van der Waals surface area contributed by atoms with Gasteiger partial charge in [-0.25, -0.2) is 9.97 Å². The lowest BCUT2D eigenvalue weighted by Crippen LogP contribution is -2.40. The van der Waals surface area contributed by atoms with E-state index < -0.39 is 20.5 Å². The summed E-state index contributed by atoms with van der Waals surface area (Å²) in [6.45, 7) is 9.64. The minimum atomic E-state index is -3.43. The first kappa shape index (κ1) is 25.7. The Kier molecular flexibility index (Phi) is 5.91. The van der Waals surface area contributed by atoms with Crippen molar-refractivity contribution in [1.29, 1.82) is 0 Å². The van der Waals surface area contributed by atoms with Crippen LogP contribution in [0.5, 0.6) is 0 Å². The lowest BCUT2D eigenvalue weighted by molar-refractivity contribution is -0.168. The number of benzene rings is 2. The number of nitrogens with zero attached hydrogens (tertiary/aromatic N) is 3. The zero-order chi connectivity index (χ0) is 26.1. The number of aryl methyl sites for hydroxylation is 1. The van der Waals surface area contributed by atoms with Crippen molar-refractivity contribution in [3.05, 3.63) is 58.9 Å². The Labute approximate surface area is 217 Å². The number of amides is 1. The van der Waals surface area contributed by atoms with Gasteiger partial charge in [0.05, 0.1) is 10.9 Å². The van der Waals surface area contributed by atoms with E-state index in [-0.39, 0.29) is 11.5 Å². The molecule has 3 aromatic rings. The standard InChI is InChI=1S/C26H29F2IN4O2/c1-14-30-19-13-18-20(33(7)22(34)23(18,2)3)12-17(19)21(31-14)32-25(6,29)15-9-8-10-16(11-15)26(27,28)24(4,5)35/h8-13,35H,1-7H3,(H,30,31,32)/t25-/m0/s1. The van der Waals surface area contributed by atoms with Gasteiger partial charge in [0, 0.05) is 23.7 Å². The van der Waals surface area contributed by atoms with Crippen LogP contribution in [0.3, 0.4) is 0 Å². The normalized spacial score (nSPS) is 17.5. The van der Waals surface area contributed by atoms with Gasteiger partial charge in [0.1, 0.15) is 20.8 Å². The number of rotatable bonds is 5. The topological polar surface area (TPSA) is 78.4 Å². The van der Waals surface area contributed by atoms with Crippen LogP contribution in [-0.2, 0) is 19.7 Å². The molecule has 2 N–H and O–H groups in total. The van der Waals surface area contributed by atoms with Crippen molar-refractivity contribution < 1.29 is 18.7 Å². The molecular weight excluding hydrogens is 565 g/mol. The maximum absolute atomic E-state index is 14.9. The van der Waals surface area contributed by atoms with Gasteiger partial charge in [0.25, 0.3) is 0 Å². The van der Waals surface area contributed by atoms with Gasteiger partial charge in [-0.15, -0.1) is 0 Å². The zero-order valence-corrected chi connectivity index (χ0v) is 23.0. The highest BCUT2D eigenvalue weighted by atomic mass is 127. The van der Waals surface area contributed by atoms with E-state index in [4.69, 9.17) is 0 Å². The Morgan fingerprint density at radius 3 is 2.34 bits per heavy atom. The second-order valence-electron chi connectivity index (χ2n) is 10.3. The molecule has 0 radical (unpaired) electrons. The van der Waals surface area contributed by atoms with Crippen LogP contribution in [0.25, 0.3) is 10.9 Å². The summed E-state index contributed by atoms with van der Waals surface area (Å²) in [7, 11) is 1.75. The first-order chi connectivity index (χ1) is 16.0. The van der Waals surface area contributed by atoms with Gasteiger partial charge >= 0.3 is 5.92 Å². The number of halogens is 3. The Morgan fingerprint density at radius 2 is 1.71 bits per heavy atom. The van der Waals surface area contributed by atoms with E-state index in [1.165, 1.54) is 12.1 Å². The zero-order valence-electron chi connectivity index (χ0n) is 20.8. The highest BCUT2D eigenvalue weighted by Gasteiger charge is 2.47. The number of nitrogens with one attached hydrogen (secondary N) is 1. The number of carbonyl (C=O) groups excluding carboxylic acids is 1. The Balaban J connectivity index is 1.80. The number of fused-ring (bicyclic) bond motifs is 2. The number of hydrogen-bond acceptors (Lipinski definition) is 5. The summed E-state index contributed by atoms with van der Waals surface area (Å²) in [6.07, 6.45) is 0. The third kappa shape index (κ3) is 4.16. The Morgan fingerprint density at radius 1 is 1.09 bits per heavy atom. The summed E-state index contributed by atoms with van der Waals surface area (Å²) in [5.74, 6) is -2.34. The number of hydrogen-bond donors (Lipinski definition) is 2. The molecule has 1 aliphatic heterocycles. The summed E-state index contributed by atoms with van der Waals surface area (Å²) in [5.41, 5.74) is -0.142. The molecule has 35 heavy (non-hydrogen) atoms. The molecule has 1 aliphatic rings. The Bertz CT molecular complexity index is 1350. The van der Waals surface area contributed by atoms with E-state index in [2.05, 4.69) is 37.9 Å². The summed E-state index contributed by atoms with van der Waals surface area (Å²) in [5, 5.41) is 14.1. The molecule has 0 bridgehead atoms. The molecule has 0 saturated carbocycles. The van der Waals surface area contributed by atoms with Gasteiger partial charge in [0.2, 0.25) is 5.91 Å². The number of alkyl halides is 3. The fourth-order valence-corrected chi connectivity index (χ4v) is 5.04. The van der Waals surface area contributed by atoms with Crippen LogP contribution in [0.2, 0.25) is 0 Å². The highest BCUT2D eigenvalue weighted by Crippen LogP contribution is 2.45. The van der Waals surface area contributed by atoms with E-state index in [0.717, 1.165) is 30.5 Å². The summed E-state index contributed by atoms with van der Waals surface area (Å²) < 4.78 is 28.9. The largest absolute Gasteiger partial charge is 0.384 e. The molecule has 0 aliphatic carbocycles. The molecule has 2 heterocycles. The fourth-order valence-electron chi connectivity index (χ4n) is 4.45. The van der Waals surface area contributed by atoms with E-state index in [1.54, 1.807) is 31.0 Å². The van der Waals surface area contributed by atoms with Crippen LogP contribution in [0, 0.1) is 6.92 Å². The molecule has 1 atom stereocenters. The van der Waals surface area contributed by atoms with Crippen LogP contribution >= 0.6 is 22.6 Å². The van der Waals surface area contributed by atoms with Gasteiger partial charge in [-0.05, 0) is 93.5 Å². The second-order valence-corrected chi connectivity index (χ2v) is 12.5. The molecule has 0 fully saturated rings. The number of likely N-dealkylation sites (N-methyl/N-ethyl adjacent to an activating group) is 1. The molecule has 0 saturated heterocycles. The first-order valence-electron chi connectivity index (χ1n) is 11.3. The van der Waals surface area contributed by atoms with Crippen LogP contribution in [-0.4, -0.2) is 33.6 Å². The maximum atomic E-state index is 14.9. The summed E-state index contributed by atoms with van der Waals surface area (Å²) >= 11 is 2.16. The molecule has 9 heteroatoms. The average molecular weight is 594 g/mol. The predicted octanol–water partition coefficient (Wildman–Crippen LogP) is 5.77. The lowest BCUT2D eigenvalue weighted by atomic mass is 9.85. The molecule has 4 rings (SSSR count). The third-order valence-electron chi connectivity index (χ3n) is 6.69. The highest BCUT2D eigenvalue weighted by molar-refractivity contribution is 14.1. The molecule has 186 valence electrons. The van der Waals surface area contributed by atoms with Crippen molar-refractivity contribution in [2.24, 2.45) is 0 Å². The number of carbonyl (C=O) groups is 1. The van der Waals surface area contributed by atoms with Crippen LogP contribution in [0.15, 0.2) is 36.4 Å². The summed E-state index contributed by atoms with van der Waals surface area (Å²) in [4.78, 5) is 23.7. The van der Waals surface area contributed by atoms with Crippen LogP contribution < -0.4 is 10.2 Å². The monoisotopic (exact) mass is 594 g/mol. The van der Waals surface area contributed by atoms with Crippen molar-refractivity contribution in [2.45, 2.75) is 62.0 Å². The van der Waals surface area contributed by atoms with E-state index >= 15 is 0 Å². The van der Waals surface area contributed by atoms with Gasteiger partial charge in [-0.2, -0.15) is 8.78 Å². The van der Waals surface area contributed by atoms with Crippen LogP contribution in [0.4, 0.5) is 20.3 Å². The van der Waals surface area contributed by atoms with Crippen molar-refractivity contribution in [3.8, 4) is 0 Å². The van der Waals surface area contributed by atoms with E-state index in [1.807, 2.05) is 32.9 Å². The maximum Gasteiger partial charge on any atom is 0.300 e. The summed E-state index contributed by atoms with van der Waals surface area (Å²) in [6, 6.07) is 9.87. The molecular formula is C26H29F2IN4O2. The van der Waals surface area contributed by atoms with Crippen molar-refractivity contribution in [3.63, 3.8) is 0 Å². The first-order valence-corrected chi connectivity index (χ1v) is 12.3.